The van der Waals surface area contributed by atoms with E-state index in [9.17, 15) is 13.2 Å². The van der Waals surface area contributed by atoms with Crippen LogP contribution in [0.15, 0.2) is 46.7 Å². The van der Waals surface area contributed by atoms with Gasteiger partial charge in [-0.1, -0.05) is 18.1 Å². The van der Waals surface area contributed by atoms with Gasteiger partial charge in [0, 0.05) is 10.4 Å². The Morgan fingerprint density at radius 1 is 1.35 bits per heavy atom. The molecule has 0 aliphatic rings. The largest absolute Gasteiger partial charge is 0.345 e. The van der Waals surface area contributed by atoms with E-state index in [1.807, 2.05) is 24.4 Å². The highest BCUT2D eigenvalue weighted by Crippen LogP contribution is 2.19. The van der Waals surface area contributed by atoms with Crippen molar-refractivity contribution < 1.29 is 13.2 Å². The number of sulfonamides is 1. The van der Waals surface area contributed by atoms with Crippen LogP contribution in [0.3, 0.4) is 0 Å². The molecule has 1 unspecified atom stereocenters. The van der Waals surface area contributed by atoms with E-state index in [4.69, 9.17) is 6.42 Å². The molecule has 2 aromatic rings. The first-order valence-corrected chi connectivity index (χ1v) is 9.18. The minimum absolute atomic E-state index is 0.00387. The number of carbonyl (C=O) groups is 1. The van der Waals surface area contributed by atoms with Gasteiger partial charge in [-0.15, -0.1) is 17.8 Å². The lowest BCUT2D eigenvalue weighted by atomic mass is 10.2. The Balaban J connectivity index is 2.16. The summed E-state index contributed by atoms with van der Waals surface area (Å²) in [5.74, 6) is 1.87. The number of hydrogen-bond acceptors (Lipinski definition) is 4. The summed E-state index contributed by atoms with van der Waals surface area (Å²) in [7, 11) is -3.72. The summed E-state index contributed by atoms with van der Waals surface area (Å²) in [6, 6.07) is 9.52. The molecule has 23 heavy (non-hydrogen) atoms. The second-order valence-corrected chi connectivity index (χ2v) is 7.51. The molecule has 0 bridgehead atoms. The van der Waals surface area contributed by atoms with E-state index in [1.54, 1.807) is 17.4 Å². The van der Waals surface area contributed by atoms with Crippen molar-refractivity contribution in [2.24, 2.45) is 0 Å². The molecule has 7 heteroatoms. The summed E-state index contributed by atoms with van der Waals surface area (Å²) in [5, 5.41) is 4.78. The third kappa shape index (κ3) is 4.42. The van der Waals surface area contributed by atoms with Crippen LogP contribution < -0.4 is 10.0 Å². The van der Waals surface area contributed by atoms with Crippen molar-refractivity contribution in [3.63, 3.8) is 0 Å². The lowest BCUT2D eigenvalue weighted by molar-refractivity contribution is 0.0940. The topological polar surface area (TPSA) is 75.3 Å². The summed E-state index contributed by atoms with van der Waals surface area (Å²) in [6.07, 6.45) is 5.05. The molecule has 5 nitrogen and oxygen atoms in total. The van der Waals surface area contributed by atoms with Gasteiger partial charge in [0.25, 0.3) is 5.91 Å². The van der Waals surface area contributed by atoms with Crippen LogP contribution in [-0.2, 0) is 10.0 Å². The zero-order valence-corrected chi connectivity index (χ0v) is 14.1. The molecule has 0 saturated carbocycles. The Hall–Kier alpha value is -2.14. The number of carbonyl (C=O) groups excluding carboxylic acids is 1. The van der Waals surface area contributed by atoms with Gasteiger partial charge in [-0.3, -0.25) is 4.79 Å². The number of terminal acetylenes is 1. The lowest BCUT2D eigenvalue weighted by Gasteiger charge is -2.13. The number of nitrogens with one attached hydrogen (secondary N) is 2. The Morgan fingerprint density at radius 3 is 2.78 bits per heavy atom. The fraction of sp³-hybridized carbons (Fsp3) is 0.188. The third-order valence-corrected chi connectivity index (χ3v) is 5.54. The molecule has 0 aliphatic heterocycles. The standard InChI is InChI=1S/C16H16N2O3S2/c1-3-9-17-23(20,21)14-7-4-6-13(11-14)16(19)18-12(2)15-8-5-10-22-15/h1,4-8,10-12,17H,9H2,2H3,(H,18,19). The first-order valence-electron chi connectivity index (χ1n) is 6.81. The molecule has 1 aromatic heterocycles. The predicted octanol–water partition coefficient (Wildman–Crippen LogP) is 2.15. The quantitative estimate of drug-likeness (QED) is 0.786. The van der Waals surface area contributed by atoms with Crippen molar-refractivity contribution in [2.45, 2.75) is 17.9 Å². The molecule has 120 valence electrons. The molecule has 2 N–H and O–H groups in total. The molecule has 1 aromatic carbocycles. The minimum atomic E-state index is -3.72. The number of amides is 1. The van der Waals surface area contributed by atoms with E-state index in [2.05, 4.69) is 16.0 Å². The van der Waals surface area contributed by atoms with Crippen LogP contribution in [0, 0.1) is 12.3 Å². The van der Waals surface area contributed by atoms with E-state index in [1.165, 1.54) is 18.2 Å². The molecule has 1 atom stereocenters. The van der Waals surface area contributed by atoms with Gasteiger partial charge in [-0.05, 0) is 36.6 Å². The van der Waals surface area contributed by atoms with Gasteiger partial charge >= 0.3 is 0 Å². The first kappa shape index (κ1) is 17.2. The molecular formula is C16H16N2O3S2. The predicted molar refractivity (Wildman–Crippen MR) is 90.7 cm³/mol. The number of thiophene rings is 1. The molecule has 0 fully saturated rings. The number of rotatable bonds is 6. The summed E-state index contributed by atoms with van der Waals surface area (Å²) in [6.45, 7) is 1.77. The van der Waals surface area contributed by atoms with Crippen molar-refractivity contribution in [3.05, 3.63) is 52.2 Å². The summed E-state index contributed by atoms with van der Waals surface area (Å²) >= 11 is 1.55. The van der Waals surface area contributed by atoms with E-state index in [-0.39, 0.29) is 29.0 Å². The average molecular weight is 348 g/mol. The van der Waals surface area contributed by atoms with Crippen LogP contribution in [-0.4, -0.2) is 20.9 Å². The van der Waals surface area contributed by atoms with E-state index >= 15 is 0 Å². The number of hydrogen-bond donors (Lipinski definition) is 2. The average Bonchev–Trinajstić information content (AvgIpc) is 3.07. The smallest absolute Gasteiger partial charge is 0.251 e. The highest BCUT2D eigenvalue weighted by molar-refractivity contribution is 7.89. The van der Waals surface area contributed by atoms with Gasteiger partial charge in [-0.25, -0.2) is 8.42 Å². The van der Waals surface area contributed by atoms with Gasteiger partial charge in [0.05, 0.1) is 17.5 Å². The van der Waals surface area contributed by atoms with Gasteiger partial charge in [0.15, 0.2) is 0 Å². The maximum Gasteiger partial charge on any atom is 0.251 e. The summed E-state index contributed by atoms with van der Waals surface area (Å²) in [4.78, 5) is 13.3. The Kier molecular flexibility index (Phi) is 5.55. The number of benzene rings is 1. The zero-order valence-electron chi connectivity index (χ0n) is 12.4. The highest BCUT2D eigenvalue weighted by atomic mass is 32.2. The third-order valence-electron chi connectivity index (χ3n) is 3.09. The van der Waals surface area contributed by atoms with E-state index in [0.29, 0.717) is 0 Å². The SMILES string of the molecule is C#CCNS(=O)(=O)c1cccc(C(=O)NC(C)c2cccs2)c1. The Labute approximate surface area is 139 Å². The maximum absolute atomic E-state index is 12.3. The molecule has 0 saturated heterocycles. The molecule has 0 aliphatic carbocycles. The second-order valence-electron chi connectivity index (χ2n) is 4.77. The van der Waals surface area contributed by atoms with Crippen LogP contribution in [0.2, 0.25) is 0 Å². The van der Waals surface area contributed by atoms with Gasteiger partial charge in [0.1, 0.15) is 0 Å². The van der Waals surface area contributed by atoms with Crippen LogP contribution in [0.4, 0.5) is 0 Å². The first-order chi connectivity index (χ1) is 10.9. The molecule has 0 radical (unpaired) electrons. The van der Waals surface area contributed by atoms with Crippen molar-refractivity contribution in [3.8, 4) is 12.3 Å². The van der Waals surface area contributed by atoms with Gasteiger partial charge in [-0.2, -0.15) is 4.72 Å². The molecule has 2 rings (SSSR count). The van der Waals surface area contributed by atoms with Gasteiger partial charge < -0.3 is 5.32 Å². The zero-order chi connectivity index (χ0) is 16.9. The van der Waals surface area contributed by atoms with Crippen LogP contribution in [0.5, 0.6) is 0 Å². The fourth-order valence-electron chi connectivity index (χ4n) is 1.91. The fourth-order valence-corrected chi connectivity index (χ4v) is 3.63. The van der Waals surface area contributed by atoms with Crippen molar-refractivity contribution in [1.29, 1.82) is 0 Å². The molecule has 0 spiro atoms. The molecule has 1 heterocycles. The summed E-state index contributed by atoms with van der Waals surface area (Å²) in [5.41, 5.74) is 0.275. The van der Waals surface area contributed by atoms with Crippen LogP contribution in [0.1, 0.15) is 28.2 Å². The van der Waals surface area contributed by atoms with E-state index in [0.717, 1.165) is 4.88 Å². The Bertz CT molecular complexity index is 821. The van der Waals surface area contributed by atoms with Crippen molar-refractivity contribution in [2.75, 3.05) is 6.54 Å². The van der Waals surface area contributed by atoms with Crippen LogP contribution in [0.25, 0.3) is 0 Å². The van der Waals surface area contributed by atoms with Crippen molar-refractivity contribution >= 4 is 27.3 Å². The minimum Gasteiger partial charge on any atom is -0.345 e. The van der Waals surface area contributed by atoms with Gasteiger partial charge in [0.2, 0.25) is 10.0 Å². The van der Waals surface area contributed by atoms with Crippen LogP contribution >= 0.6 is 11.3 Å². The second kappa shape index (κ2) is 7.42. The maximum atomic E-state index is 12.3. The summed E-state index contributed by atoms with van der Waals surface area (Å²) < 4.78 is 26.3. The highest BCUT2D eigenvalue weighted by Gasteiger charge is 2.17. The van der Waals surface area contributed by atoms with E-state index < -0.39 is 10.0 Å². The normalized spacial score (nSPS) is 12.3. The Morgan fingerprint density at radius 2 is 2.13 bits per heavy atom. The molecule has 1 amide bonds. The monoisotopic (exact) mass is 348 g/mol. The lowest BCUT2D eigenvalue weighted by Crippen LogP contribution is -2.27. The van der Waals surface area contributed by atoms with Crippen molar-refractivity contribution in [1.82, 2.24) is 10.0 Å². The molecular weight excluding hydrogens is 332 g/mol.